The standard InChI is InChI=1S/C15H14BrFN2O2/c16-12-3-2-10(17)8-11(12)15(19-18)9-1-4-13-14(7-9)21-6-5-20-13/h1-4,7-8,15,19H,5-6,18H2. The fraction of sp³-hybridized carbons (Fsp3) is 0.200. The van der Waals surface area contributed by atoms with Gasteiger partial charge in [-0.3, -0.25) is 5.84 Å². The summed E-state index contributed by atoms with van der Waals surface area (Å²) in [6.07, 6.45) is 0. The van der Waals surface area contributed by atoms with Crippen molar-refractivity contribution in [3.05, 3.63) is 57.8 Å². The number of fused-ring (bicyclic) bond motifs is 1. The van der Waals surface area contributed by atoms with E-state index in [1.165, 1.54) is 12.1 Å². The van der Waals surface area contributed by atoms with Crippen LogP contribution in [-0.4, -0.2) is 13.2 Å². The molecule has 0 spiro atoms. The van der Waals surface area contributed by atoms with Crippen molar-refractivity contribution in [3.63, 3.8) is 0 Å². The number of benzene rings is 2. The van der Waals surface area contributed by atoms with E-state index in [-0.39, 0.29) is 11.9 Å². The number of hydrogen-bond acceptors (Lipinski definition) is 4. The molecule has 3 N–H and O–H groups in total. The molecule has 1 aliphatic rings. The van der Waals surface area contributed by atoms with Gasteiger partial charge < -0.3 is 9.47 Å². The molecule has 0 amide bonds. The molecule has 0 aromatic heterocycles. The van der Waals surface area contributed by atoms with Gasteiger partial charge >= 0.3 is 0 Å². The van der Waals surface area contributed by atoms with Gasteiger partial charge in [-0.05, 0) is 41.5 Å². The Morgan fingerprint density at radius 3 is 2.62 bits per heavy atom. The van der Waals surface area contributed by atoms with Gasteiger partial charge in [-0.2, -0.15) is 0 Å². The summed E-state index contributed by atoms with van der Waals surface area (Å²) in [4.78, 5) is 0. The maximum Gasteiger partial charge on any atom is 0.161 e. The van der Waals surface area contributed by atoms with E-state index in [0.29, 0.717) is 30.3 Å². The van der Waals surface area contributed by atoms with E-state index in [1.807, 2.05) is 18.2 Å². The Hall–Kier alpha value is -1.63. The van der Waals surface area contributed by atoms with E-state index in [1.54, 1.807) is 6.07 Å². The zero-order valence-corrected chi connectivity index (χ0v) is 12.7. The number of hydrazine groups is 1. The molecule has 21 heavy (non-hydrogen) atoms. The van der Waals surface area contributed by atoms with Gasteiger partial charge in [0.05, 0.1) is 6.04 Å². The molecule has 0 saturated carbocycles. The van der Waals surface area contributed by atoms with E-state index >= 15 is 0 Å². The summed E-state index contributed by atoms with van der Waals surface area (Å²) < 4.78 is 25.3. The predicted molar refractivity (Wildman–Crippen MR) is 80.7 cm³/mol. The van der Waals surface area contributed by atoms with Crippen molar-refractivity contribution in [3.8, 4) is 11.5 Å². The smallest absolute Gasteiger partial charge is 0.161 e. The second-order valence-electron chi connectivity index (χ2n) is 4.67. The average molecular weight is 353 g/mol. The summed E-state index contributed by atoms with van der Waals surface area (Å²) in [6.45, 7) is 1.06. The van der Waals surface area contributed by atoms with E-state index in [4.69, 9.17) is 15.3 Å². The molecule has 0 bridgehead atoms. The van der Waals surface area contributed by atoms with Gasteiger partial charge in [0, 0.05) is 4.47 Å². The van der Waals surface area contributed by atoms with Crippen molar-refractivity contribution in [2.45, 2.75) is 6.04 Å². The summed E-state index contributed by atoms with van der Waals surface area (Å²) in [5, 5.41) is 0. The van der Waals surface area contributed by atoms with Crippen LogP contribution in [0.5, 0.6) is 11.5 Å². The molecule has 1 unspecified atom stereocenters. The molecule has 0 aliphatic carbocycles. The Balaban J connectivity index is 2.01. The van der Waals surface area contributed by atoms with Crippen LogP contribution in [0, 0.1) is 5.82 Å². The summed E-state index contributed by atoms with van der Waals surface area (Å²) >= 11 is 3.43. The highest BCUT2D eigenvalue weighted by atomic mass is 79.9. The molecule has 2 aromatic rings. The Bertz CT molecular complexity index is 666. The SMILES string of the molecule is NNC(c1ccc2c(c1)OCCO2)c1cc(F)ccc1Br. The average Bonchev–Trinajstić information content (AvgIpc) is 2.51. The molecular weight excluding hydrogens is 339 g/mol. The van der Waals surface area contributed by atoms with Crippen LogP contribution in [0.3, 0.4) is 0 Å². The third kappa shape index (κ3) is 2.88. The van der Waals surface area contributed by atoms with Gasteiger partial charge in [0.25, 0.3) is 0 Å². The van der Waals surface area contributed by atoms with Gasteiger partial charge in [0.15, 0.2) is 11.5 Å². The fourth-order valence-electron chi connectivity index (χ4n) is 2.34. The van der Waals surface area contributed by atoms with Crippen LogP contribution in [0.4, 0.5) is 4.39 Å². The lowest BCUT2D eigenvalue weighted by atomic mass is 9.98. The van der Waals surface area contributed by atoms with Gasteiger partial charge in [0.1, 0.15) is 19.0 Å². The minimum absolute atomic E-state index is 0.314. The molecule has 1 aliphatic heterocycles. The third-order valence-electron chi connectivity index (χ3n) is 3.34. The Kier molecular flexibility index (Phi) is 4.10. The summed E-state index contributed by atoms with van der Waals surface area (Å²) in [7, 11) is 0. The quantitative estimate of drug-likeness (QED) is 0.658. The summed E-state index contributed by atoms with van der Waals surface area (Å²) in [5.74, 6) is 6.73. The summed E-state index contributed by atoms with van der Waals surface area (Å²) in [6, 6.07) is 9.72. The van der Waals surface area contributed by atoms with E-state index in [0.717, 1.165) is 10.0 Å². The van der Waals surface area contributed by atoms with Gasteiger partial charge in [-0.1, -0.05) is 22.0 Å². The maximum atomic E-state index is 13.5. The molecule has 2 aromatic carbocycles. The zero-order chi connectivity index (χ0) is 14.8. The highest BCUT2D eigenvalue weighted by molar-refractivity contribution is 9.10. The largest absolute Gasteiger partial charge is 0.486 e. The van der Waals surface area contributed by atoms with Gasteiger partial charge in [0.2, 0.25) is 0 Å². The van der Waals surface area contributed by atoms with Crippen molar-refractivity contribution < 1.29 is 13.9 Å². The van der Waals surface area contributed by atoms with Gasteiger partial charge in [-0.25, -0.2) is 9.82 Å². The fourth-order valence-corrected chi connectivity index (χ4v) is 2.82. The van der Waals surface area contributed by atoms with Crippen LogP contribution in [0.2, 0.25) is 0 Å². The maximum absolute atomic E-state index is 13.5. The second kappa shape index (κ2) is 6.01. The van der Waals surface area contributed by atoms with Crippen molar-refractivity contribution in [1.29, 1.82) is 0 Å². The number of nitrogens with two attached hydrogens (primary N) is 1. The number of rotatable bonds is 3. The first-order valence-corrected chi connectivity index (χ1v) is 7.29. The molecule has 6 heteroatoms. The molecule has 110 valence electrons. The first-order valence-electron chi connectivity index (χ1n) is 6.49. The van der Waals surface area contributed by atoms with Crippen molar-refractivity contribution in [2.75, 3.05) is 13.2 Å². The topological polar surface area (TPSA) is 56.5 Å². The van der Waals surface area contributed by atoms with E-state index < -0.39 is 0 Å². The Labute approximate surface area is 130 Å². The third-order valence-corrected chi connectivity index (χ3v) is 4.06. The molecule has 1 heterocycles. The lowest BCUT2D eigenvalue weighted by molar-refractivity contribution is 0.171. The molecule has 1 atom stereocenters. The molecular formula is C15H14BrFN2O2. The zero-order valence-electron chi connectivity index (χ0n) is 11.1. The van der Waals surface area contributed by atoms with Gasteiger partial charge in [-0.15, -0.1) is 0 Å². The number of ether oxygens (including phenoxy) is 2. The molecule has 3 rings (SSSR count). The minimum atomic E-state index is -0.356. The summed E-state index contributed by atoms with van der Waals surface area (Å²) in [5.41, 5.74) is 4.30. The molecule has 0 saturated heterocycles. The molecule has 0 radical (unpaired) electrons. The van der Waals surface area contributed by atoms with Crippen LogP contribution >= 0.6 is 15.9 Å². The highest BCUT2D eigenvalue weighted by Gasteiger charge is 2.19. The van der Waals surface area contributed by atoms with Crippen LogP contribution in [0.15, 0.2) is 40.9 Å². The first kappa shape index (κ1) is 14.3. The van der Waals surface area contributed by atoms with Crippen LogP contribution < -0.4 is 20.7 Å². The van der Waals surface area contributed by atoms with Crippen LogP contribution in [0.25, 0.3) is 0 Å². The van der Waals surface area contributed by atoms with Crippen LogP contribution in [-0.2, 0) is 0 Å². The van der Waals surface area contributed by atoms with E-state index in [2.05, 4.69) is 21.4 Å². The minimum Gasteiger partial charge on any atom is -0.486 e. The van der Waals surface area contributed by atoms with E-state index in [9.17, 15) is 4.39 Å². The van der Waals surface area contributed by atoms with Crippen molar-refractivity contribution >= 4 is 15.9 Å². The molecule has 4 nitrogen and oxygen atoms in total. The van der Waals surface area contributed by atoms with Crippen LogP contribution in [0.1, 0.15) is 17.2 Å². The highest BCUT2D eigenvalue weighted by Crippen LogP contribution is 2.35. The predicted octanol–water partition coefficient (Wildman–Crippen LogP) is 2.91. The second-order valence-corrected chi connectivity index (χ2v) is 5.52. The monoisotopic (exact) mass is 352 g/mol. The molecule has 0 fully saturated rings. The lowest BCUT2D eigenvalue weighted by Gasteiger charge is -2.22. The normalized spacial score (nSPS) is 14.8. The Morgan fingerprint density at radius 1 is 1.10 bits per heavy atom. The number of halogens is 2. The lowest BCUT2D eigenvalue weighted by Crippen LogP contribution is -2.29. The number of hydrogen-bond donors (Lipinski definition) is 2. The van der Waals surface area contributed by atoms with Crippen molar-refractivity contribution in [2.24, 2.45) is 5.84 Å². The number of nitrogens with one attached hydrogen (secondary N) is 1. The first-order chi connectivity index (χ1) is 10.2. The van der Waals surface area contributed by atoms with Crippen molar-refractivity contribution in [1.82, 2.24) is 5.43 Å². The Morgan fingerprint density at radius 2 is 1.86 bits per heavy atom.